The Morgan fingerprint density at radius 1 is 0.853 bits per heavy atom. The van der Waals surface area contributed by atoms with Gasteiger partial charge >= 0.3 is 6.03 Å². The molecule has 5 rings (SSSR count). The third-order valence-corrected chi connectivity index (χ3v) is 6.01. The first-order valence-corrected chi connectivity index (χ1v) is 11.6. The van der Waals surface area contributed by atoms with Crippen LogP contribution in [0.1, 0.15) is 12.0 Å². The zero-order chi connectivity index (χ0) is 23.2. The standard InChI is InChI=1S/C29H27N3O2/c33-29(31-19-8-7-13-27(31)22-34-21-23-9-3-1-4-10-23)32-20-18-28(30-32)26-16-14-25(15-17-26)24-11-5-2-6-12-24/h1-7,9-18,20,27H,8,19,21-22H2/t27-/m1/s1. The molecule has 0 bridgehead atoms. The number of carbonyl (C=O) groups excluding carboxylic acids is 1. The normalized spacial score (nSPS) is 15.4. The lowest BCUT2D eigenvalue weighted by Crippen LogP contribution is -2.46. The van der Waals surface area contributed by atoms with E-state index < -0.39 is 0 Å². The second kappa shape index (κ2) is 10.3. The molecule has 0 unspecified atom stereocenters. The fourth-order valence-electron chi connectivity index (χ4n) is 4.17. The molecule has 1 aliphatic rings. The molecule has 0 saturated carbocycles. The summed E-state index contributed by atoms with van der Waals surface area (Å²) < 4.78 is 7.36. The summed E-state index contributed by atoms with van der Waals surface area (Å²) in [6.07, 6.45) is 6.74. The quantitative estimate of drug-likeness (QED) is 0.338. The maximum absolute atomic E-state index is 13.3. The second-order valence-electron chi connectivity index (χ2n) is 8.35. The molecule has 1 aromatic heterocycles. The van der Waals surface area contributed by atoms with Crippen LogP contribution >= 0.6 is 0 Å². The van der Waals surface area contributed by atoms with Crippen molar-refractivity contribution in [3.05, 3.63) is 115 Å². The Labute approximate surface area is 199 Å². The highest BCUT2D eigenvalue weighted by molar-refractivity contribution is 5.78. The maximum atomic E-state index is 13.3. The number of amides is 1. The van der Waals surface area contributed by atoms with Gasteiger partial charge in [0.05, 0.1) is 24.9 Å². The smallest absolute Gasteiger partial charge is 0.345 e. The molecule has 34 heavy (non-hydrogen) atoms. The minimum absolute atomic E-state index is 0.109. The minimum atomic E-state index is -0.134. The van der Waals surface area contributed by atoms with Gasteiger partial charge in [0, 0.05) is 18.3 Å². The number of carbonyl (C=O) groups is 1. The number of hydrogen-bond donors (Lipinski definition) is 0. The Morgan fingerprint density at radius 3 is 2.29 bits per heavy atom. The van der Waals surface area contributed by atoms with Gasteiger partial charge in [-0.25, -0.2) is 4.79 Å². The van der Waals surface area contributed by atoms with Crippen molar-refractivity contribution in [3.63, 3.8) is 0 Å². The molecule has 0 N–H and O–H groups in total. The zero-order valence-corrected chi connectivity index (χ0v) is 19.0. The summed E-state index contributed by atoms with van der Waals surface area (Å²) in [5.41, 5.74) is 5.20. The lowest BCUT2D eigenvalue weighted by molar-refractivity contribution is 0.0749. The van der Waals surface area contributed by atoms with Gasteiger partial charge in [-0.2, -0.15) is 9.78 Å². The number of benzene rings is 3. The van der Waals surface area contributed by atoms with E-state index in [9.17, 15) is 4.79 Å². The van der Waals surface area contributed by atoms with E-state index in [1.165, 1.54) is 10.2 Å². The summed E-state index contributed by atoms with van der Waals surface area (Å²) >= 11 is 0. The van der Waals surface area contributed by atoms with Crippen LogP contribution < -0.4 is 0 Å². The molecule has 1 amide bonds. The van der Waals surface area contributed by atoms with Crippen LogP contribution in [0.25, 0.3) is 22.4 Å². The summed E-state index contributed by atoms with van der Waals surface area (Å²) in [5.74, 6) is 0. The van der Waals surface area contributed by atoms with Gasteiger partial charge in [0.25, 0.3) is 0 Å². The molecule has 3 aromatic carbocycles. The lowest BCUT2D eigenvalue weighted by Gasteiger charge is -2.31. The molecule has 170 valence electrons. The Morgan fingerprint density at radius 2 is 1.53 bits per heavy atom. The molecule has 0 aliphatic carbocycles. The lowest BCUT2D eigenvalue weighted by atomic mass is 10.0. The maximum Gasteiger partial charge on any atom is 0.345 e. The number of ether oxygens (including phenoxy) is 1. The highest BCUT2D eigenvalue weighted by Gasteiger charge is 2.25. The summed E-state index contributed by atoms with van der Waals surface area (Å²) in [6, 6.07) is 30.2. The molecular weight excluding hydrogens is 422 g/mol. The predicted octanol–water partition coefficient (Wildman–Crippen LogP) is 6.03. The van der Waals surface area contributed by atoms with Crippen LogP contribution in [0.5, 0.6) is 0 Å². The van der Waals surface area contributed by atoms with Gasteiger partial charge in [-0.1, -0.05) is 97.1 Å². The van der Waals surface area contributed by atoms with Gasteiger partial charge in [-0.15, -0.1) is 0 Å². The van der Waals surface area contributed by atoms with Gasteiger partial charge < -0.3 is 9.64 Å². The molecule has 2 heterocycles. The van der Waals surface area contributed by atoms with Crippen molar-refractivity contribution in [2.24, 2.45) is 0 Å². The number of aromatic nitrogens is 2. The van der Waals surface area contributed by atoms with E-state index in [0.29, 0.717) is 19.8 Å². The monoisotopic (exact) mass is 449 g/mol. The first-order chi connectivity index (χ1) is 16.8. The van der Waals surface area contributed by atoms with E-state index in [-0.39, 0.29) is 12.1 Å². The third-order valence-electron chi connectivity index (χ3n) is 6.01. The molecule has 1 aliphatic heterocycles. The fourth-order valence-corrected chi connectivity index (χ4v) is 4.17. The van der Waals surface area contributed by atoms with Crippen molar-refractivity contribution >= 4 is 6.03 Å². The predicted molar refractivity (Wildman–Crippen MR) is 134 cm³/mol. The van der Waals surface area contributed by atoms with Crippen molar-refractivity contribution in [1.29, 1.82) is 0 Å². The van der Waals surface area contributed by atoms with E-state index in [1.807, 2.05) is 71.6 Å². The summed E-state index contributed by atoms with van der Waals surface area (Å²) in [7, 11) is 0. The van der Waals surface area contributed by atoms with Crippen LogP contribution in [0.2, 0.25) is 0 Å². The first kappa shape index (κ1) is 21.9. The number of rotatable bonds is 6. The molecule has 0 radical (unpaired) electrons. The summed E-state index contributed by atoms with van der Waals surface area (Å²) in [4.78, 5) is 15.1. The summed E-state index contributed by atoms with van der Waals surface area (Å²) in [6.45, 7) is 1.62. The van der Waals surface area contributed by atoms with Crippen LogP contribution in [0.4, 0.5) is 4.79 Å². The molecule has 0 fully saturated rings. The average molecular weight is 450 g/mol. The molecule has 0 spiro atoms. The van der Waals surface area contributed by atoms with E-state index >= 15 is 0 Å². The van der Waals surface area contributed by atoms with E-state index in [4.69, 9.17) is 4.74 Å². The highest BCUT2D eigenvalue weighted by atomic mass is 16.5. The van der Waals surface area contributed by atoms with E-state index in [0.717, 1.165) is 28.8 Å². The molecule has 1 atom stereocenters. The van der Waals surface area contributed by atoms with Crippen molar-refractivity contribution < 1.29 is 9.53 Å². The second-order valence-corrected chi connectivity index (χ2v) is 8.35. The topological polar surface area (TPSA) is 47.4 Å². The van der Waals surface area contributed by atoms with Gasteiger partial charge in [0.15, 0.2) is 0 Å². The van der Waals surface area contributed by atoms with Gasteiger partial charge in [0.1, 0.15) is 0 Å². The van der Waals surface area contributed by atoms with Crippen molar-refractivity contribution in [2.75, 3.05) is 13.2 Å². The van der Waals surface area contributed by atoms with Crippen molar-refractivity contribution in [1.82, 2.24) is 14.7 Å². The molecule has 0 saturated heterocycles. The Balaban J connectivity index is 1.25. The molecule has 5 nitrogen and oxygen atoms in total. The Bertz CT molecular complexity index is 1250. The Kier molecular flexibility index (Phi) is 6.64. The van der Waals surface area contributed by atoms with Crippen molar-refractivity contribution in [3.8, 4) is 22.4 Å². The molecule has 4 aromatic rings. The fraction of sp³-hybridized carbons (Fsp3) is 0.172. The van der Waals surface area contributed by atoms with Crippen molar-refractivity contribution in [2.45, 2.75) is 19.1 Å². The number of hydrogen-bond acceptors (Lipinski definition) is 3. The minimum Gasteiger partial charge on any atom is -0.374 e. The molecule has 5 heteroatoms. The van der Waals surface area contributed by atoms with Crippen LogP contribution in [0, 0.1) is 0 Å². The average Bonchev–Trinajstić information content (AvgIpc) is 3.40. The van der Waals surface area contributed by atoms with Gasteiger partial charge in [-0.05, 0) is 29.2 Å². The summed E-state index contributed by atoms with van der Waals surface area (Å²) in [5, 5.41) is 4.58. The van der Waals surface area contributed by atoms with Crippen LogP contribution in [0.3, 0.4) is 0 Å². The van der Waals surface area contributed by atoms with E-state index in [1.54, 1.807) is 6.20 Å². The van der Waals surface area contributed by atoms with Gasteiger partial charge in [0.2, 0.25) is 0 Å². The van der Waals surface area contributed by atoms with Crippen LogP contribution in [-0.4, -0.2) is 39.9 Å². The third kappa shape index (κ3) is 5.00. The SMILES string of the molecule is O=C(N1CCC=C[C@@H]1COCc1ccccc1)n1ccc(-c2ccc(-c3ccccc3)cc2)n1. The zero-order valence-electron chi connectivity index (χ0n) is 19.0. The van der Waals surface area contributed by atoms with E-state index in [2.05, 4.69) is 41.5 Å². The van der Waals surface area contributed by atoms with Crippen LogP contribution in [-0.2, 0) is 11.3 Å². The first-order valence-electron chi connectivity index (χ1n) is 11.6. The highest BCUT2D eigenvalue weighted by Crippen LogP contribution is 2.24. The van der Waals surface area contributed by atoms with Crippen LogP contribution in [0.15, 0.2) is 109 Å². The largest absolute Gasteiger partial charge is 0.374 e. The number of nitrogens with zero attached hydrogens (tertiary/aromatic N) is 3. The molecular formula is C29H27N3O2. The Hall–Kier alpha value is -3.96. The van der Waals surface area contributed by atoms with Gasteiger partial charge in [-0.3, -0.25) is 0 Å².